The van der Waals surface area contributed by atoms with Gasteiger partial charge in [-0.05, 0) is 68.1 Å². The van der Waals surface area contributed by atoms with Gasteiger partial charge in [0.15, 0.2) is 0 Å². The minimum absolute atomic E-state index is 0. The Morgan fingerprint density at radius 2 is 1.49 bits per heavy atom. The second-order valence-corrected chi connectivity index (χ2v) is 15.5. The van der Waals surface area contributed by atoms with E-state index in [-0.39, 0.29) is 104 Å². The van der Waals surface area contributed by atoms with Crippen molar-refractivity contribution in [2.24, 2.45) is 23.2 Å². The maximum Gasteiger partial charge on any atom is 0.289 e. The van der Waals surface area contributed by atoms with Crippen LogP contribution in [0.15, 0.2) is 18.6 Å². The fraction of sp³-hybridized carbons (Fsp3) is 0.737. The molecule has 13 nitrogen and oxygen atoms in total. The molecule has 0 spiro atoms. The van der Waals surface area contributed by atoms with Crippen molar-refractivity contribution in [1.82, 2.24) is 36.1 Å². The molecule has 1 aliphatic heterocycles. The van der Waals surface area contributed by atoms with Gasteiger partial charge in [0, 0.05) is 25.0 Å². The molecule has 0 bridgehead atoms. The monoisotopic (exact) mass is 847 g/mol. The third-order valence-electron chi connectivity index (χ3n) is 10.7. The number of Topliss-reactive ketones (excluding diaryl/α,β-unsaturated/α-hetero) is 1. The Labute approximate surface area is 356 Å². The zero-order valence-electron chi connectivity index (χ0n) is 31.3. The number of hydrogen-bond donors (Lipinski definition) is 4. The Kier molecular flexibility index (Phi) is 24.1. The summed E-state index contributed by atoms with van der Waals surface area (Å²) in [7, 11) is 0. The SMILES string of the molecule is C.C.CCC[C@H](NC(=O)[C@@H]1[C@@H]2CCC[C@@H]2CN1C(=O)[C@H](NC(=O)[C@@H](NC(=O)c1cnccn1)C1CCCCC1)C(C)(C)C)C(=O)C(=O)NC1CC1.S.S.S.S. The molecule has 0 radical (unpaired) electrons. The van der Waals surface area contributed by atoms with Gasteiger partial charge in [0.1, 0.15) is 23.8 Å². The number of ketones is 1. The molecule has 3 saturated carbocycles. The topological polar surface area (TPSA) is 180 Å². The predicted molar refractivity (Wildman–Crippen MR) is 236 cm³/mol. The summed E-state index contributed by atoms with van der Waals surface area (Å²) in [5.41, 5.74) is -0.638. The van der Waals surface area contributed by atoms with Crippen molar-refractivity contribution in [3.8, 4) is 0 Å². The van der Waals surface area contributed by atoms with E-state index in [1.165, 1.54) is 18.6 Å². The summed E-state index contributed by atoms with van der Waals surface area (Å²) in [6.45, 7) is 7.85. The highest BCUT2D eigenvalue weighted by atomic mass is 32.1. The van der Waals surface area contributed by atoms with Crippen molar-refractivity contribution < 1.29 is 28.8 Å². The van der Waals surface area contributed by atoms with E-state index in [1.54, 1.807) is 4.90 Å². The molecular formula is C38H69N7O6S4. The van der Waals surface area contributed by atoms with Gasteiger partial charge in [0.25, 0.3) is 11.8 Å². The number of carbonyl (C=O) groups excluding carboxylic acids is 6. The first kappa shape index (κ1) is 54.6. The summed E-state index contributed by atoms with van der Waals surface area (Å²) in [4.78, 5) is 91.4. The number of fused-ring (bicyclic) bond motifs is 1. The van der Waals surface area contributed by atoms with Crippen molar-refractivity contribution in [3.05, 3.63) is 24.3 Å². The van der Waals surface area contributed by atoms with Crippen molar-refractivity contribution in [2.45, 2.75) is 150 Å². The number of likely N-dealkylation sites (tertiary alicyclic amines) is 1. The van der Waals surface area contributed by atoms with E-state index in [1.807, 2.05) is 27.7 Å². The second-order valence-electron chi connectivity index (χ2n) is 15.5. The Bertz CT molecular complexity index is 1410. The van der Waals surface area contributed by atoms with Gasteiger partial charge < -0.3 is 26.2 Å². The molecule has 6 atom stereocenters. The molecule has 2 heterocycles. The molecule has 1 aromatic heterocycles. The van der Waals surface area contributed by atoms with Crippen LogP contribution in [0.25, 0.3) is 0 Å². The van der Waals surface area contributed by atoms with E-state index in [2.05, 4.69) is 31.2 Å². The third kappa shape index (κ3) is 13.8. The minimum Gasteiger partial charge on any atom is -0.347 e. The van der Waals surface area contributed by atoms with Gasteiger partial charge in [0.05, 0.1) is 12.2 Å². The molecular weight excluding hydrogens is 779 g/mol. The molecule has 17 heteroatoms. The lowest BCUT2D eigenvalue weighted by atomic mass is 9.82. The van der Waals surface area contributed by atoms with Crippen LogP contribution >= 0.6 is 54.0 Å². The van der Waals surface area contributed by atoms with Gasteiger partial charge in [-0.25, -0.2) is 4.98 Å². The van der Waals surface area contributed by atoms with E-state index in [0.29, 0.717) is 19.4 Å². The van der Waals surface area contributed by atoms with Gasteiger partial charge in [-0.2, -0.15) is 54.0 Å². The fourth-order valence-corrected chi connectivity index (χ4v) is 7.87. The number of nitrogens with zero attached hydrogens (tertiary/aromatic N) is 3. The van der Waals surface area contributed by atoms with Crippen LogP contribution < -0.4 is 21.3 Å². The lowest BCUT2D eigenvalue weighted by molar-refractivity contribution is -0.146. The van der Waals surface area contributed by atoms with Crippen LogP contribution in [0.5, 0.6) is 0 Å². The summed E-state index contributed by atoms with van der Waals surface area (Å²) >= 11 is 0. The average Bonchev–Trinajstić information content (AvgIpc) is 3.65. The lowest BCUT2D eigenvalue weighted by Crippen LogP contribution is -2.62. The van der Waals surface area contributed by atoms with Gasteiger partial charge in [-0.1, -0.05) is 74.7 Å². The first-order valence-corrected chi connectivity index (χ1v) is 18.2. The van der Waals surface area contributed by atoms with E-state index in [9.17, 15) is 28.8 Å². The summed E-state index contributed by atoms with van der Waals surface area (Å²) in [5, 5.41) is 11.5. The predicted octanol–water partition coefficient (Wildman–Crippen LogP) is 4.17. The lowest BCUT2D eigenvalue weighted by Gasteiger charge is -2.38. The minimum atomic E-state index is -0.994. The Hall–Kier alpha value is -2.50. The molecule has 1 saturated heterocycles. The van der Waals surface area contributed by atoms with Crippen LogP contribution in [0.2, 0.25) is 0 Å². The molecule has 0 unspecified atom stereocenters. The summed E-state index contributed by atoms with van der Waals surface area (Å²) in [5.74, 6) is -3.20. The Morgan fingerprint density at radius 1 is 0.836 bits per heavy atom. The first-order valence-electron chi connectivity index (χ1n) is 18.2. The fourth-order valence-electron chi connectivity index (χ4n) is 7.87. The molecule has 4 fully saturated rings. The van der Waals surface area contributed by atoms with E-state index in [4.69, 9.17) is 0 Å². The summed E-state index contributed by atoms with van der Waals surface area (Å²) < 4.78 is 0. The maximum atomic E-state index is 14.6. The van der Waals surface area contributed by atoms with Gasteiger partial charge in [0.2, 0.25) is 23.5 Å². The molecule has 5 rings (SSSR count). The van der Waals surface area contributed by atoms with Crippen molar-refractivity contribution in [3.63, 3.8) is 0 Å². The van der Waals surface area contributed by atoms with Gasteiger partial charge >= 0.3 is 0 Å². The van der Waals surface area contributed by atoms with Crippen LogP contribution in [0.1, 0.15) is 130 Å². The molecule has 3 aliphatic carbocycles. The number of hydrogen-bond acceptors (Lipinski definition) is 8. The summed E-state index contributed by atoms with van der Waals surface area (Å²) in [6.07, 6.45) is 13.9. The molecule has 55 heavy (non-hydrogen) atoms. The summed E-state index contributed by atoms with van der Waals surface area (Å²) in [6, 6.07) is -3.68. The van der Waals surface area contributed by atoms with Crippen molar-refractivity contribution in [1.29, 1.82) is 0 Å². The Balaban J connectivity index is 0. The average molecular weight is 848 g/mol. The van der Waals surface area contributed by atoms with Crippen molar-refractivity contribution in [2.75, 3.05) is 6.54 Å². The number of rotatable bonds is 13. The maximum absolute atomic E-state index is 14.6. The smallest absolute Gasteiger partial charge is 0.289 e. The molecule has 5 amide bonds. The standard InChI is InChI=1S/C36H53N7O6.2CH4.4H2S/c1-5-10-25(29(44)34(48)39-23-15-16-23)40-33(47)28-24-14-9-13-22(24)20-43(28)35(49)30(36(2,3)4)42-32(46)27(21-11-7-6-8-12-21)41-31(45)26-19-37-17-18-38-26;;;;;;/h17-19,21-25,27-28,30H,5-16,20H2,1-4H3,(H,39,48)(H,40,47)(H,41,45)(H,42,46);2*1H4;4*1H2/t22-,24-,25+,27+,28+,30+;;;;;;/m1....../s1. The van der Waals surface area contributed by atoms with Crippen LogP contribution in [0, 0.1) is 23.2 Å². The first-order chi connectivity index (χ1) is 23.4. The van der Waals surface area contributed by atoms with Crippen LogP contribution in [-0.2, 0) is 24.0 Å². The zero-order chi connectivity index (χ0) is 35.3. The Morgan fingerprint density at radius 3 is 2.05 bits per heavy atom. The van der Waals surface area contributed by atoms with Crippen LogP contribution in [0.3, 0.4) is 0 Å². The zero-order valence-corrected chi connectivity index (χ0v) is 35.3. The number of carbonyl (C=O) groups is 6. The molecule has 4 N–H and O–H groups in total. The van der Waals surface area contributed by atoms with Crippen LogP contribution in [0.4, 0.5) is 0 Å². The van der Waals surface area contributed by atoms with Gasteiger partial charge in [-0.15, -0.1) is 0 Å². The van der Waals surface area contributed by atoms with Gasteiger partial charge in [-0.3, -0.25) is 33.8 Å². The molecule has 316 valence electrons. The molecule has 4 aliphatic rings. The quantitative estimate of drug-likeness (QED) is 0.214. The number of aromatic nitrogens is 2. The largest absolute Gasteiger partial charge is 0.347 e. The van der Waals surface area contributed by atoms with E-state index >= 15 is 0 Å². The van der Waals surface area contributed by atoms with E-state index < -0.39 is 59.0 Å². The number of nitrogens with one attached hydrogen (secondary N) is 4. The second kappa shape index (κ2) is 24.3. The number of amides is 5. The molecule has 1 aromatic rings. The highest BCUT2D eigenvalue weighted by Gasteiger charge is 2.52. The van der Waals surface area contributed by atoms with Crippen molar-refractivity contribution >= 4 is 89.3 Å². The highest BCUT2D eigenvalue weighted by Crippen LogP contribution is 2.43. The van der Waals surface area contributed by atoms with Crippen LogP contribution in [-0.4, -0.2) is 86.9 Å². The third-order valence-corrected chi connectivity index (χ3v) is 10.7. The molecule has 0 aromatic carbocycles. The highest BCUT2D eigenvalue weighted by molar-refractivity contribution is 7.59. The normalized spacial score (nSPS) is 21.6. The van der Waals surface area contributed by atoms with E-state index in [0.717, 1.165) is 64.2 Å².